The van der Waals surface area contributed by atoms with E-state index in [-0.39, 0.29) is 11.6 Å². The molecule has 1 aromatic heterocycles. The van der Waals surface area contributed by atoms with E-state index in [1.807, 2.05) is 30.3 Å². The molecule has 4 rings (SSSR count). The predicted molar refractivity (Wildman–Crippen MR) is 118 cm³/mol. The second-order valence-corrected chi connectivity index (χ2v) is 7.99. The first-order valence-electron chi connectivity index (χ1n) is 8.62. The van der Waals surface area contributed by atoms with Crippen molar-refractivity contribution in [2.45, 2.75) is 6.92 Å². The number of carbonyl (C=O) groups excluding carboxylic acids is 1. The van der Waals surface area contributed by atoms with Gasteiger partial charge in [-0.2, -0.15) is 0 Å². The fraction of sp³-hybridized carbons (Fsp3) is 0.0476. The molecule has 29 heavy (non-hydrogen) atoms. The Kier molecular flexibility index (Phi) is 5.04. The molecule has 1 saturated heterocycles. The van der Waals surface area contributed by atoms with Gasteiger partial charge in [0.1, 0.15) is 11.5 Å². The first kappa shape index (κ1) is 19.1. The van der Waals surface area contributed by atoms with Gasteiger partial charge in [-0.25, -0.2) is 0 Å². The van der Waals surface area contributed by atoms with Crippen LogP contribution in [0.25, 0.3) is 17.4 Å². The lowest BCUT2D eigenvalue weighted by Gasteiger charge is -2.13. The number of furan rings is 1. The van der Waals surface area contributed by atoms with Gasteiger partial charge in [-0.15, -0.1) is 0 Å². The largest absolute Gasteiger partial charge is 0.457 e. The fourth-order valence-corrected chi connectivity index (χ4v) is 4.29. The molecule has 0 bridgehead atoms. The summed E-state index contributed by atoms with van der Waals surface area (Å²) in [6, 6.07) is 17.4. The highest BCUT2D eigenvalue weighted by Crippen LogP contribution is 2.37. The second-order valence-electron chi connectivity index (χ2n) is 6.31. The van der Waals surface area contributed by atoms with Gasteiger partial charge >= 0.3 is 0 Å². The second kappa shape index (κ2) is 7.65. The number of thiocarbonyl (C=S) groups is 1. The molecule has 0 unspecified atom stereocenters. The number of hydrogen-bond acceptors (Lipinski definition) is 6. The number of nitro groups is 1. The zero-order valence-corrected chi connectivity index (χ0v) is 16.8. The summed E-state index contributed by atoms with van der Waals surface area (Å²) in [4.78, 5) is 25.2. The summed E-state index contributed by atoms with van der Waals surface area (Å²) in [5.41, 5.74) is 2.24. The van der Waals surface area contributed by atoms with Crippen LogP contribution in [0.4, 0.5) is 11.4 Å². The summed E-state index contributed by atoms with van der Waals surface area (Å²) < 4.78 is 6.33. The lowest BCUT2D eigenvalue weighted by atomic mass is 10.1. The van der Waals surface area contributed by atoms with Crippen molar-refractivity contribution in [3.8, 4) is 11.3 Å². The van der Waals surface area contributed by atoms with Crippen LogP contribution in [0, 0.1) is 17.0 Å². The van der Waals surface area contributed by atoms with E-state index in [4.69, 9.17) is 16.6 Å². The number of hydrogen-bond donors (Lipinski definition) is 0. The summed E-state index contributed by atoms with van der Waals surface area (Å²) in [7, 11) is 0. The van der Waals surface area contributed by atoms with Crippen LogP contribution in [0.15, 0.2) is 70.0 Å². The Hall–Kier alpha value is -3.23. The van der Waals surface area contributed by atoms with E-state index < -0.39 is 4.92 Å². The van der Waals surface area contributed by atoms with E-state index in [2.05, 4.69) is 0 Å². The molecule has 6 nitrogen and oxygen atoms in total. The van der Waals surface area contributed by atoms with Crippen molar-refractivity contribution in [3.63, 3.8) is 0 Å². The van der Waals surface area contributed by atoms with Crippen LogP contribution in [0.1, 0.15) is 11.3 Å². The van der Waals surface area contributed by atoms with Gasteiger partial charge in [-0.3, -0.25) is 19.8 Å². The molecule has 0 saturated carbocycles. The van der Waals surface area contributed by atoms with Crippen LogP contribution in [-0.4, -0.2) is 15.2 Å². The number of benzene rings is 2. The molecule has 1 fully saturated rings. The minimum atomic E-state index is -0.431. The summed E-state index contributed by atoms with van der Waals surface area (Å²) in [6.45, 7) is 1.79. The molecule has 0 spiro atoms. The van der Waals surface area contributed by atoms with Gasteiger partial charge in [0.15, 0.2) is 4.32 Å². The molecule has 2 heterocycles. The third-order valence-electron chi connectivity index (χ3n) is 4.39. The molecular formula is C21H14N2O4S2. The molecular weight excluding hydrogens is 408 g/mol. The first-order chi connectivity index (χ1) is 13.9. The molecule has 3 aromatic rings. The SMILES string of the molecule is Cc1cc([N+](=O)[O-])ccc1-c1ccc(C=C2SC(=S)N(c3ccccc3)C2=O)o1. The van der Waals surface area contributed by atoms with E-state index in [9.17, 15) is 14.9 Å². The Morgan fingerprint density at radius 3 is 2.59 bits per heavy atom. The molecule has 0 aliphatic carbocycles. The first-order valence-corrected chi connectivity index (χ1v) is 9.85. The van der Waals surface area contributed by atoms with Crippen LogP contribution in [0.2, 0.25) is 0 Å². The molecule has 1 amide bonds. The highest BCUT2D eigenvalue weighted by molar-refractivity contribution is 8.27. The number of aryl methyl sites for hydroxylation is 1. The number of thioether (sulfide) groups is 1. The van der Waals surface area contributed by atoms with Gasteiger partial charge in [0, 0.05) is 23.8 Å². The van der Waals surface area contributed by atoms with E-state index in [1.54, 1.807) is 31.2 Å². The normalized spacial score (nSPS) is 15.3. The van der Waals surface area contributed by atoms with Crippen molar-refractivity contribution in [2.24, 2.45) is 0 Å². The van der Waals surface area contributed by atoms with Crippen molar-refractivity contribution in [3.05, 3.63) is 87.0 Å². The maximum absolute atomic E-state index is 12.8. The summed E-state index contributed by atoms with van der Waals surface area (Å²) >= 11 is 6.59. The van der Waals surface area contributed by atoms with Gasteiger partial charge in [-0.05, 0) is 42.8 Å². The number of nitrogens with zero attached hydrogens (tertiary/aromatic N) is 2. The van der Waals surface area contributed by atoms with E-state index in [0.29, 0.717) is 20.7 Å². The zero-order chi connectivity index (χ0) is 20.5. The number of carbonyl (C=O) groups is 1. The lowest BCUT2D eigenvalue weighted by Crippen LogP contribution is -2.27. The van der Waals surface area contributed by atoms with E-state index >= 15 is 0 Å². The molecule has 0 radical (unpaired) electrons. The average molecular weight is 422 g/mol. The van der Waals surface area contributed by atoms with Crippen LogP contribution in [0.5, 0.6) is 0 Å². The van der Waals surface area contributed by atoms with Crippen molar-refractivity contribution < 1.29 is 14.1 Å². The maximum Gasteiger partial charge on any atom is 0.270 e. The van der Waals surface area contributed by atoms with Gasteiger partial charge in [0.25, 0.3) is 11.6 Å². The van der Waals surface area contributed by atoms with E-state index in [1.165, 1.54) is 28.8 Å². The van der Waals surface area contributed by atoms with Gasteiger partial charge in [0.05, 0.1) is 15.5 Å². The van der Waals surface area contributed by atoms with Crippen molar-refractivity contribution in [1.82, 2.24) is 0 Å². The van der Waals surface area contributed by atoms with Crippen LogP contribution < -0.4 is 4.90 Å². The Bertz CT molecular complexity index is 1170. The molecule has 0 N–H and O–H groups in total. The summed E-state index contributed by atoms with van der Waals surface area (Å²) in [6.07, 6.45) is 1.66. The van der Waals surface area contributed by atoms with Crippen molar-refractivity contribution in [1.29, 1.82) is 0 Å². The highest BCUT2D eigenvalue weighted by atomic mass is 32.2. The summed E-state index contributed by atoms with van der Waals surface area (Å²) in [5.74, 6) is 0.879. The van der Waals surface area contributed by atoms with Crippen molar-refractivity contribution >= 4 is 51.7 Å². The number of anilines is 1. The number of non-ortho nitro benzene ring substituents is 1. The molecule has 2 aromatic carbocycles. The predicted octanol–water partition coefficient (Wildman–Crippen LogP) is 5.57. The minimum Gasteiger partial charge on any atom is -0.457 e. The Labute approximate surface area is 176 Å². The van der Waals surface area contributed by atoms with Crippen molar-refractivity contribution in [2.75, 3.05) is 4.90 Å². The smallest absolute Gasteiger partial charge is 0.270 e. The quantitative estimate of drug-likeness (QED) is 0.237. The third-order valence-corrected chi connectivity index (χ3v) is 5.70. The van der Waals surface area contributed by atoms with E-state index in [0.717, 1.165) is 16.8 Å². The lowest BCUT2D eigenvalue weighted by molar-refractivity contribution is -0.384. The van der Waals surface area contributed by atoms with Gasteiger partial charge in [-0.1, -0.05) is 42.2 Å². The monoisotopic (exact) mass is 422 g/mol. The number of nitro benzene ring substituents is 1. The Morgan fingerprint density at radius 2 is 1.90 bits per heavy atom. The molecule has 1 aliphatic rings. The van der Waals surface area contributed by atoms with Crippen LogP contribution >= 0.6 is 24.0 Å². The Morgan fingerprint density at radius 1 is 1.14 bits per heavy atom. The highest BCUT2D eigenvalue weighted by Gasteiger charge is 2.33. The summed E-state index contributed by atoms with van der Waals surface area (Å²) in [5, 5.41) is 10.9. The topological polar surface area (TPSA) is 76.6 Å². The number of rotatable bonds is 4. The number of amides is 1. The Balaban J connectivity index is 1.61. The third kappa shape index (κ3) is 3.72. The molecule has 0 atom stereocenters. The molecule has 1 aliphatic heterocycles. The van der Waals surface area contributed by atoms with Gasteiger partial charge < -0.3 is 4.42 Å². The standard InChI is InChI=1S/C21H14N2O4S2/c1-13-11-15(23(25)26)7-9-17(13)18-10-8-16(27-18)12-19-20(24)22(21(28)29-19)14-5-3-2-4-6-14/h2-12H,1H3. The van der Waals surface area contributed by atoms with Crippen LogP contribution in [0.3, 0.4) is 0 Å². The molecule has 144 valence electrons. The minimum absolute atomic E-state index is 0.0302. The fourth-order valence-electron chi connectivity index (χ4n) is 3.01. The van der Waals surface area contributed by atoms with Gasteiger partial charge in [0.2, 0.25) is 0 Å². The zero-order valence-electron chi connectivity index (χ0n) is 15.2. The molecule has 8 heteroatoms. The average Bonchev–Trinajstić information content (AvgIpc) is 3.27. The van der Waals surface area contributed by atoms with Crippen LogP contribution in [-0.2, 0) is 4.79 Å². The maximum atomic E-state index is 12.8. The number of para-hydroxylation sites is 1.